The number of thioether (sulfide) groups is 1. The third-order valence-corrected chi connectivity index (χ3v) is 5.40. The van der Waals surface area contributed by atoms with E-state index in [2.05, 4.69) is 25.9 Å². The number of allylic oxidation sites excluding steroid dienone is 2. The Labute approximate surface area is 205 Å². The van der Waals surface area contributed by atoms with Gasteiger partial charge in [0.1, 0.15) is 17.8 Å². The van der Waals surface area contributed by atoms with Gasteiger partial charge in [0, 0.05) is 12.7 Å². The number of esters is 1. The molecule has 3 N–H and O–H groups in total. The summed E-state index contributed by atoms with van der Waals surface area (Å²) in [5.74, 6) is -3.78. The minimum Gasteiger partial charge on any atom is -0.456 e. The van der Waals surface area contributed by atoms with Gasteiger partial charge in [-0.15, -0.1) is 0 Å². The average molecular weight is 508 g/mol. The van der Waals surface area contributed by atoms with Crippen LogP contribution in [0.25, 0.3) is 0 Å². The van der Waals surface area contributed by atoms with Gasteiger partial charge in [0.25, 0.3) is 11.8 Å². The van der Waals surface area contributed by atoms with Crippen molar-refractivity contribution in [1.82, 2.24) is 25.9 Å². The summed E-state index contributed by atoms with van der Waals surface area (Å²) in [7, 11) is 0. The number of ether oxygens (including phenoxy) is 1. The van der Waals surface area contributed by atoms with E-state index < -0.39 is 47.5 Å². The fraction of sp³-hybridized carbons (Fsp3) is 0.409. The van der Waals surface area contributed by atoms with Crippen molar-refractivity contribution < 1.29 is 33.1 Å². The number of hydrogen-bond donors (Lipinski definition) is 3. The highest BCUT2D eigenvalue weighted by Gasteiger charge is 2.25. The van der Waals surface area contributed by atoms with Crippen LogP contribution >= 0.6 is 11.8 Å². The topological polar surface area (TPSA) is 156 Å². The molecule has 0 aliphatic carbocycles. The molecule has 3 amide bonds. The Bertz CT molecular complexity index is 1060. The Hall–Kier alpha value is -3.61. The fourth-order valence-electron chi connectivity index (χ4n) is 2.76. The minimum atomic E-state index is -1.11. The minimum absolute atomic E-state index is 0.0321. The summed E-state index contributed by atoms with van der Waals surface area (Å²) < 4.78 is 19.5. The Morgan fingerprint density at radius 1 is 1.29 bits per heavy atom. The standard InChI is InChI=1S/C22H26FN5O6S/c1-4-16-20(31)26-12(2)22(33)34-14(7-5-6-8-35-13(3)29)9-18(30)24-11-17-15(23)10-25-19(27-17)21(32)28-16/h4-5,7,10,12,14H,6,8-9,11H2,1-3H3,(H,24,30)(H,26,31)(H,28,32)/b7-5+,16-4-/t12-,14+/m0/s1. The van der Waals surface area contributed by atoms with Crippen molar-refractivity contribution in [3.8, 4) is 0 Å². The van der Waals surface area contributed by atoms with E-state index in [-0.39, 0.29) is 29.5 Å². The first-order valence-corrected chi connectivity index (χ1v) is 11.7. The smallest absolute Gasteiger partial charge is 0.328 e. The number of cyclic esters (lactones) is 1. The van der Waals surface area contributed by atoms with Crippen LogP contribution in [0.4, 0.5) is 4.39 Å². The van der Waals surface area contributed by atoms with E-state index in [1.807, 2.05) is 0 Å². The molecule has 0 saturated carbocycles. The average Bonchev–Trinajstić information content (AvgIpc) is 2.80. The van der Waals surface area contributed by atoms with Crippen molar-refractivity contribution in [2.24, 2.45) is 0 Å². The highest BCUT2D eigenvalue weighted by atomic mass is 32.2. The Morgan fingerprint density at radius 2 is 2.03 bits per heavy atom. The van der Waals surface area contributed by atoms with Gasteiger partial charge in [0.05, 0.1) is 24.9 Å². The number of carbonyl (C=O) groups is 5. The molecule has 2 heterocycles. The van der Waals surface area contributed by atoms with Crippen molar-refractivity contribution in [2.45, 2.75) is 52.3 Å². The van der Waals surface area contributed by atoms with Crippen LogP contribution in [0.3, 0.4) is 0 Å². The second kappa shape index (κ2) is 13.3. The summed E-state index contributed by atoms with van der Waals surface area (Å²) in [5, 5.41) is 7.16. The van der Waals surface area contributed by atoms with Crippen LogP contribution in [0, 0.1) is 5.82 Å². The van der Waals surface area contributed by atoms with E-state index in [4.69, 9.17) is 4.74 Å². The van der Waals surface area contributed by atoms with Crippen molar-refractivity contribution >= 4 is 40.6 Å². The highest BCUT2D eigenvalue weighted by Crippen LogP contribution is 2.10. The zero-order valence-corrected chi connectivity index (χ0v) is 20.2. The number of halogens is 1. The van der Waals surface area contributed by atoms with E-state index in [0.29, 0.717) is 12.2 Å². The Kier molecular flexibility index (Phi) is 10.5. The molecule has 0 saturated heterocycles. The Balaban J connectivity index is 2.29. The molecule has 0 aromatic carbocycles. The molecule has 1 aliphatic heterocycles. The highest BCUT2D eigenvalue weighted by molar-refractivity contribution is 8.13. The molecule has 35 heavy (non-hydrogen) atoms. The summed E-state index contributed by atoms with van der Waals surface area (Å²) in [4.78, 5) is 68.5. The van der Waals surface area contributed by atoms with Gasteiger partial charge in [0.2, 0.25) is 11.7 Å². The number of rotatable bonds is 4. The monoisotopic (exact) mass is 507 g/mol. The number of fused-ring (bicyclic) bond motifs is 2. The Morgan fingerprint density at radius 3 is 2.71 bits per heavy atom. The van der Waals surface area contributed by atoms with E-state index in [0.717, 1.165) is 18.0 Å². The van der Waals surface area contributed by atoms with Gasteiger partial charge in [0.15, 0.2) is 10.9 Å². The van der Waals surface area contributed by atoms with E-state index in [1.54, 1.807) is 6.08 Å². The second-order valence-corrected chi connectivity index (χ2v) is 8.62. The van der Waals surface area contributed by atoms with Crippen LogP contribution < -0.4 is 16.0 Å². The van der Waals surface area contributed by atoms with Gasteiger partial charge in [-0.1, -0.05) is 23.9 Å². The van der Waals surface area contributed by atoms with E-state index in [1.165, 1.54) is 32.9 Å². The molecular formula is C22H26FN5O6S. The molecule has 188 valence electrons. The van der Waals surface area contributed by atoms with Crippen LogP contribution in [0.15, 0.2) is 30.1 Å². The lowest BCUT2D eigenvalue weighted by molar-refractivity contribution is -0.151. The van der Waals surface area contributed by atoms with Crippen molar-refractivity contribution in [3.63, 3.8) is 0 Å². The molecule has 0 radical (unpaired) electrons. The maximum absolute atomic E-state index is 14.1. The lowest BCUT2D eigenvalue weighted by Gasteiger charge is -2.19. The van der Waals surface area contributed by atoms with Gasteiger partial charge in [-0.2, -0.15) is 0 Å². The van der Waals surface area contributed by atoms with Crippen LogP contribution in [0.5, 0.6) is 0 Å². The number of hydrogen-bond acceptors (Lipinski definition) is 9. The molecule has 0 spiro atoms. The molecule has 1 aromatic heterocycles. The molecule has 2 bridgehead atoms. The normalized spacial score (nSPS) is 21.3. The maximum Gasteiger partial charge on any atom is 0.328 e. The van der Waals surface area contributed by atoms with E-state index >= 15 is 0 Å². The summed E-state index contributed by atoms with van der Waals surface area (Å²) in [6, 6.07) is -1.11. The SMILES string of the molecule is C/C=C1\NC(=O)c2ncc(F)c(n2)CNC(=O)C[C@@H](/C=C/CCSC(C)=O)OC(=O)[C@H](C)NC1=O. The van der Waals surface area contributed by atoms with Gasteiger partial charge in [-0.05, 0) is 26.3 Å². The fourth-order valence-corrected chi connectivity index (χ4v) is 3.30. The number of aromatic nitrogens is 2. The largest absolute Gasteiger partial charge is 0.456 e. The molecule has 2 rings (SSSR count). The molecule has 13 heteroatoms. The molecule has 0 fully saturated rings. The molecule has 0 unspecified atom stereocenters. The summed E-state index contributed by atoms with van der Waals surface area (Å²) in [5.41, 5.74) is -0.417. The van der Waals surface area contributed by atoms with Crippen LogP contribution in [0.2, 0.25) is 0 Å². The van der Waals surface area contributed by atoms with Gasteiger partial charge in [-0.25, -0.2) is 19.2 Å². The second-order valence-electron chi connectivity index (χ2n) is 7.35. The summed E-state index contributed by atoms with van der Waals surface area (Å²) in [6.45, 7) is 3.99. The van der Waals surface area contributed by atoms with E-state index in [9.17, 15) is 28.4 Å². The molecule has 11 nitrogen and oxygen atoms in total. The lowest BCUT2D eigenvalue weighted by Crippen LogP contribution is -2.44. The van der Waals surface area contributed by atoms with Crippen LogP contribution in [0.1, 0.15) is 49.9 Å². The number of carbonyl (C=O) groups excluding carboxylic acids is 5. The number of nitrogens with one attached hydrogen (secondary N) is 3. The first-order valence-electron chi connectivity index (χ1n) is 10.7. The van der Waals surface area contributed by atoms with Gasteiger partial charge in [-0.3, -0.25) is 19.2 Å². The van der Waals surface area contributed by atoms with Gasteiger partial charge >= 0.3 is 5.97 Å². The molecule has 1 aliphatic rings. The molecule has 2 atom stereocenters. The third kappa shape index (κ3) is 8.92. The molecule has 1 aromatic rings. The third-order valence-electron chi connectivity index (χ3n) is 4.55. The first-order chi connectivity index (χ1) is 16.6. The van der Waals surface area contributed by atoms with Crippen molar-refractivity contribution in [3.05, 3.63) is 47.5 Å². The first kappa shape index (κ1) is 27.6. The van der Waals surface area contributed by atoms with Crippen molar-refractivity contribution in [1.29, 1.82) is 0 Å². The summed E-state index contributed by atoms with van der Waals surface area (Å²) >= 11 is 1.13. The van der Waals surface area contributed by atoms with Gasteiger partial charge < -0.3 is 20.7 Å². The quantitative estimate of drug-likeness (QED) is 0.233. The number of nitrogens with zero attached hydrogens (tertiary/aromatic N) is 2. The zero-order valence-electron chi connectivity index (χ0n) is 19.4. The summed E-state index contributed by atoms with van der Waals surface area (Å²) in [6.07, 6.45) is 4.50. The van der Waals surface area contributed by atoms with Crippen LogP contribution in [-0.2, 0) is 30.5 Å². The lowest BCUT2D eigenvalue weighted by atomic mass is 10.2. The van der Waals surface area contributed by atoms with Crippen LogP contribution in [-0.4, -0.2) is 56.7 Å². The zero-order chi connectivity index (χ0) is 26.0. The maximum atomic E-state index is 14.1. The number of amides is 3. The predicted octanol–water partition coefficient (Wildman–Crippen LogP) is 0.912. The van der Waals surface area contributed by atoms with Crippen molar-refractivity contribution in [2.75, 3.05) is 5.75 Å². The predicted molar refractivity (Wildman–Crippen MR) is 124 cm³/mol. The molecular weight excluding hydrogens is 481 g/mol.